The molecule has 6 heteroatoms. The van der Waals surface area contributed by atoms with Gasteiger partial charge in [0.1, 0.15) is 5.82 Å². The van der Waals surface area contributed by atoms with Gasteiger partial charge in [-0.1, -0.05) is 12.1 Å². The van der Waals surface area contributed by atoms with Crippen molar-refractivity contribution in [3.8, 4) is 0 Å². The van der Waals surface area contributed by atoms with E-state index < -0.39 is 5.97 Å². The predicted molar refractivity (Wildman–Crippen MR) is 81.6 cm³/mol. The number of carbonyl (C=O) groups is 2. The number of carbonyl (C=O) groups excluding carboxylic acids is 1. The van der Waals surface area contributed by atoms with E-state index in [0.29, 0.717) is 5.82 Å². The monoisotopic (exact) mass is 304 g/mol. The first kappa shape index (κ1) is 15.2. The molecule has 0 spiro atoms. The van der Waals surface area contributed by atoms with Crippen LogP contribution in [0, 0.1) is 6.92 Å². The van der Waals surface area contributed by atoms with Crippen LogP contribution in [0.5, 0.6) is 0 Å². The molecule has 21 heavy (non-hydrogen) atoms. The Bertz CT molecular complexity index is 626. The summed E-state index contributed by atoms with van der Waals surface area (Å²) < 4.78 is 0. The molecule has 0 aliphatic carbocycles. The van der Waals surface area contributed by atoms with Crippen LogP contribution in [0.25, 0.3) is 0 Å². The highest BCUT2D eigenvalue weighted by molar-refractivity contribution is 7.10. The summed E-state index contributed by atoms with van der Waals surface area (Å²) in [6.07, 6.45) is 1.76. The van der Waals surface area contributed by atoms with E-state index in [1.165, 1.54) is 16.2 Å². The maximum Gasteiger partial charge on any atom is 0.305 e. The average Bonchev–Trinajstić information content (AvgIpc) is 2.93. The van der Waals surface area contributed by atoms with Gasteiger partial charge in [-0.15, -0.1) is 11.3 Å². The Morgan fingerprint density at radius 3 is 2.76 bits per heavy atom. The van der Waals surface area contributed by atoms with Gasteiger partial charge in [-0.3, -0.25) is 14.5 Å². The smallest absolute Gasteiger partial charge is 0.305 e. The van der Waals surface area contributed by atoms with Crippen molar-refractivity contribution in [2.24, 2.45) is 0 Å². The van der Waals surface area contributed by atoms with Gasteiger partial charge in [-0.05, 0) is 30.0 Å². The molecule has 1 amide bonds. The number of rotatable bonds is 6. The van der Waals surface area contributed by atoms with E-state index >= 15 is 0 Å². The van der Waals surface area contributed by atoms with Crippen LogP contribution < -0.4 is 4.90 Å². The summed E-state index contributed by atoms with van der Waals surface area (Å²) in [5, 5.41) is 10.8. The molecule has 0 fully saturated rings. The molecule has 2 aromatic rings. The summed E-state index contributed by atoms with van der Waals surface area (Å²) >= 11 is 1.51. The van der Waals surface area contributed by atoms with Crippen LogP contribution in [0.1, 0.15) is 16.9 Å². The summed E-state index contributed by atoms with van der Waals surface area (Å²) in [6.45, 7) is 1.98. The molecule has 5 nitrogen and oxygen atoms in total. The van der Waals surface area contributed by atoms with Crippen LogP contribution in [-0.4, -0.2) is 28.5 Å². The molecule has 1 N–H and O–H groups in total. The molecule has 0 unspecified atom stereocenters. The normalized spacial score (nSPS) is 10.3. The fourth-order valence-electron chi connectivity index (χ4n) is 1.97. The topological polar surface area (TPSA) is 70.5 Å². The fourth-order valence-corrected chi connectivity index (χ4v) is 2.67. The second-order valence-corrected chi connectivity index (χ2v) is 5.62. The van der Waals surface area contributed by atoms with E-state index in [0.717, 1.165) is 10.4 Å². The van der Waals surface area contributed by atoms with Gasteiger partial charge < -0.3 is 5.11 Å². The van der Waals surface area contributed by atoms with Crippen molar-refractivity contribution < 1.29 is 14.7 Å². The Balaban J connectivity index is 2.21. The third kappa shape index (κ3) is 4.13. The number of pyridine rings is 1. The molecule has 0 radical (unpaired) electrons. The first-order valence-corrected chi connectivity index (χ1v) is 7.42. The molecule has 0 aliphatic heterocycles. The molecule has 0 bridgehead atoms. The van der Waals surface area contributed by atoms with Gasteiger partial charge in [0.2, 0.25) is 5.91 Å². The molecule has 2 heterocycles. The van der Waals surface area contributed by atoms with E-state index in [1.54, 1.807) is 12.3 Å². The average molecular weight is 304 g/mol. The van der Waals surface area contributed by atoms with Gasteiger partial charge in [0.15, 0.2) is 0 Å². The minimum Gasteiger partial charge on any atom is -0.481 e. The second-order valence-electron chi connectivity index (χ2n) is 4.59. The highest BCUT2D eigenvalue weighted by Crippen LogP contribution is 2.19. The Labute approximate surface area is 126 Å². The Hall–Kier alpha value is -2.21. The molecular weight excluding hydrogens is 288 g/mol. The third-order valence-corrected chi connectivity index (χ3v) is 3.87. The summed E-state index contributed by atoms with van der Waals surface area (Å²) in [5.41, 5.74) is 0.849. The van der Waals surface area contributed by atoms with Crippen LogP contribution in [0.3, 0.4) is 0 Å². The number of carboxylic acid groups (broad SMARTS) is 1. The lowest BCUT2D eigenvalue weighted by Crippen LogP contribution is -2.35. The number of amides is 1. The molecule has 2 aromatic heterocycles. The quantitative estimate of drug-likeness (QED) is 0.890. The van der Waals surface area contributed by atoms with Gasteiger partial charge in [0.05, 0.1) is 12.8 Å². The number of aromatic nitrogens is 1. The molecule has 0 atom stereocenters. The van der Waals surface area contributed by atoms with E-state index in [4.69, 9.17) is 5.11 Å². The van der Waals surface area contributed by atoms with Crippen LogP contribution in [0.4, 0.5) is 5.82 Å². The van der Waals surface area contributed by atoms with Crippen molar-refractivity contribution in [2.75, 3.05) is 11.4 Å². The van der Waals surface area contributed by atoms with Gasteiger partial charge in [0, 0.05) is 17.6 Å². The van der Waals surface area contributed by atoms with Crippen LogP contribution in [-0.2, 0) is 16.0 Å². The van der Waals surface area contributed by atoms with Gasteiger partial charge in [-0.2, -0.15) is 0 Å². The maximum absolute atomic E-state index is 12.5. The SMILES string of the molecule is Cc1cccnc1N(CCC(=O)O)C(=O)Cc1cccs1. The first-order valence-electron chi connectivity index (χ1n) is 6.54. The van der Waals surface area contributed by atoms with Crippen LogP contribution >= 0.6 is 11.3 Å². The number of hydrogen-bond donors (Lipinski definition) is 1. The van der Waals surface area contributed by atoms with Crippen molar-refractivity contribution in [3.63, 3.8) is 0 Å². The molecule has 0 aromatic carbocycles. The highest BCUT2D eigenvalue weighted by atomic mass is 32.1. The number of hydrogen-bond acceptors (Lipinski definition) is 4. The van der Waals surface area contributed by atoms with Gasteiger partial charge >= 0.3 is 5.97 Å². The largest absolute Gasteiger partial charge is 0.481 e. The minimum atomic E-state index is -0.933. The standard InChI is InChI=1S/C15H16N2O3S/c1-11-4-2-7-16-15(11)17(8-6-14(19)20)13(18)10-12-5-3-9-21-12/h2-5,7,9H,6,8,10H2,1H3,(H,19,20). The van der Waals surface area contributed by atoms with Crippen molar-refractivity contribution in [2.45, 2.75) is 19.8 Å². The van der Waals surface area contributed by atoms with Crippen molar-refractivity contribution in [3.05, 3.63) is 46.3 Å². The number of anilines is 1. The van der Waals surface area contributed by atoms with E-state index in [9.17, 15) is 9.59 Å². The number of aryl methyl sites for hydroxylation is 1. The summed E-state index contributed by atoms with van der Waals surface area (Å²) in [7, 11) is 0. The Morgan fingerprint density at radius 2 is 2.14 bits per heavy atom. The number of carboxylic acids is 1. The Morgan fingerprint density at radius 1 is 1.33 bits per heavy atom. The fraction of sp³-hybridized carbons (Fsp3) is 0.267. The molecule has 0 aliphatic rings. The first-order chi connectivity index (χ1) is 10.1. The molecule has 2 rings (SSSR count). The lowest BCUT2D eigenvalue weighted by atomic mass is 10.2. The zero-order valence-electron chi connectivity index (χ0n) is 11.7. The number of aliphatic carboxylic acids is 1. The molecular formula is C15H16N2O3S. The number of thiophene rings is 1. The van der Waals surface area contributed by atoms with E-state index in [1.807, 2.05) is 30.5 Å². The van der Waals surface area contributed by atoms with E-state index in [-0.39, 0.29) is 25.3 Å². The lowest BCUT2D eigenvalue weighted by molar-refractivity contribution is -0.136. The van der Waals surface area contributed by atoms with Crippen LogP contribution in [0.2, 0.25) is 0 Å². The maximum atomic E-state index is 12.5. The third-order valence-electron chi connectivity index (χ3n) is 2.99. The van der Waals surface area contributed by atoms with Gasteiger partial charge in [-0.25, -0.2) is 4.98 Å². The minimum absolute atomic E-state index is 0.105. The number of nitrogens with zero attached hydrogens (tertiary/aromatic N) is 2. The highest BCUT2D eigenvalue weighted by Gasteiger charge is 2.20. The van der Waals surface area contributed by atoms with E-state index in [2.05, 4.69) is 4.98 Å². The van der Waals surface area contributed by atoms with Gasteiger partial charge in [0.25, 0.3) is 0 Å². The summed E-state index contributed by atoms with van der Waals surface area (Å²) in [6, 6.07) is 7.43. The van der Waals surface area contributed by atoms with Crippen LogP contribution in [0.15, 0.2) is 35.8 Å². The molecule has 110 valence electrons. The summed E-state index contributed by atoms with van der Waals surface area (Å²) in [5.74, 6) is -0.543. The van der Waals surface area contributed by atoms with Crippen molar-refractivity contribution in [1.29, 1.82) is 0 Å². The molecule has 0 saturated heterocycles. The second kappa shape index (κ2) is 6.99. The zero-order valence-corrected chi connectivity index (χ0v) is 12.5. The lowest BCUT2D eigenvalue weighted by Gasteiger charge is -2.22. The molecule has 0 saturated carbocycles. The van der Waals surface area contributed by atoms with Crippen molar-refractivity contribution >= 4 is 29.0 Å². The zero-order chi connectivity index (χ0) is 15.2. The summed E-state index contributed by atoms with van der Waals surface area (Å²) in [4.78, 5) is 29.9. The Kier molecular flexibility index (Phi) is 5.05. The van der Waals surface area contributed by atoms with Crippen molar-refractivity contribution in [1.82, 2.24) is 4.98 Å². The predicted octanol–water partition coefficient (Wildman–Crippen LogP) is 2.50.